The Kier molecular flexibility index (Phi) is 3.94. The number of anilines is 1. The van der Waals surface area contributed by atoms with Gasteiger partial charge in [-0.1, -0.05) is 6.07 Å². The van der Waals surface area contributed by atoms with Gasteiger partial charge in [0.25, 0.3) is 0 Å². The van der Waals surface area contributed by atoms with Gasteiger partial charge in [0, 0.05) is 18.0 Å². The minimum Gasteiger partial charge on any atom is -0.309 e. The van der Waals surface area contributed by atoms with Crippen molar-refractivity contribution in [2.45, 2.75) is 44.7 Å². The van der Waals surface area contributed by atoms with Gasteiger partial charge in [-0.2, -0.15) is 0 Å². The molecule has 3 aliphatic rings. The molecule has 0 aromatic carbocycles. The fraction of sp³-hybridized carbons (Fsp3) is 0.647. The van der Waals surface area contributed by atoms with Crippen molar-refractivity contribution < 1.29 is 4.79 Å². The van der Waals surface area contributed by atoms with E-state index < -0.39 is 0 Å². The molecule has 1 aromatic rings. The van der Waals surface area contributed by atoms with E-state index in [-0.39, 0.29) is 11.9 Å². The maximum absolute atomic E-state index is 12.6. The van der Waals surface area contributed by atoms with Crippen LogP contribution in [0.15, 0.2) is 16.7 Å². The maximum atomic E-state index is 12.6. The number of fused-ring (bicyclic) bond motifs is 1. The van der Waals surface area contributed by atoms with Crippen LogP contribution in [0.5, 0.6) is 0 Å². The SMILES string of the molecule is Cc1ccc(Br)nc1NC(=O)[C@@H]1CC2(CN3CCCC3)CC2N1. The van der Waals surface area contributed by atoms with Gasteiger partial charge in [0.1, 0.15) is 10.4 Å². The molecule has 2 saturated heterocycles. The Morgan fingerprint density at radius 2 is 2.22 bits per heavy atom. The second-order valence-corrected chi connectivity index (χ2v) is 8.13. The lowest BCUT2D eigenvalue weighted by molar-refractivity contribution is -0.118. The van der Waals surface area contributed by atoms with Gasteiger partial charge >= 0.3 is 0 Å². The van der Waals surface area contributed by atoms with E-state index in [2.05, 4.69) is 36.4 Å². The molecule has 2 N–H and O–H groups in total. The molecule has 1 aromatic heterocycles. The molecule has 0 bridgehead atoms. The van der Waals surface area contributed by atoms with Crippen molar-refractivity contribution in [2.75, 3.05) is 25.0 Å². The van der Waals surface area contributed by atoms with E-state index in [4.69, 9.17) is 0 Å². The number of aryl methyl sites for hydroxylation is 1. The van der Waals surface area contributed by atoms with Crippen LogP contribution in [0.25, 0.3) is 0 Å². The van der Waals surface area contributed by atoms with Crippen LogP contribution in [-0.4, -0.2) is 47.5 Å². The van der Waals surface area contributed by atoms with Crippen molar-refractivity contribution in [3.05, 3.63) is 22.3 Å². The Morgan fingerprint density at radius 1 is 1.43 bits per heavy atom. The minimum absolute atomic E-state index is 0.0479. The Balaban J connectivity index is 1.38. The van der Waals surface area contributed by atoms with E-state index in [0.29, 0.717) is 17.3 Å². The van der Waals surface area contributed by atoms with Gasteiger partial charge in [0.05, 0.1) is 6.04 Å². The van der Waals surface area contributed by atoms with Crippen molar-refractivity contribution in [1.82, 2.24) is 15.2 Å². The predicted molar refractivity (Wildman–Crippen MR) is 93.4 cm³/mol. The lowest BCUT2D eigenvalue weighted by atomic mass is 9.98. The summed E-state index contributed by atoms with van der Waals surface area (Å²) in [7, 11) is 0. The highest BCUT2D eigenvalue weighted by Crippen LogP contribution is 2.55. The first-order valence-electron chi connectivity index (χ1n) is 8.48. The summed E-state index contributed by atoms with van der Waals surface area (Å²) in [5.74, 6) is 0.701. The van der Waals surface area contributed by atoms with E-state index in [9.17, 15) is 4.79 Å². The fourth-order valence-electron chi connectivity index (χ4n) is 4.15. The molecular formula is C17H23BrN4O. The molecule has 4 rings (SSSR count). The molecule has 0 radical (unpaired) electrons. The number of halogens is 1. The molecule has 1 amide bonds. The Morgan fingerprint density at radius 3 is 3.00 bits per heavy atom. The van der Waals surface area contributed by atoms with Crippen molar-refractivity contribution in [2.24, 2.45) is 5.41 Å². The summed E-state index contributed by atoms with van der Waals surface area (Å²) in [6.07, 6.45) is 4.83. The molecule has 3 fully saturated rings. The number of pyridine rings is 1. The van der Waals surface area contributed by atoms with Crippen LogP contribution in [0.3, 0.4) is 0 Å². The largest absolute Gasteiger partial charge is 0.309 e. The Bertz CT molecular complexity index is 631. The number of nitrogens with one attached hydrogen (secondary N) is 2. The number of carbonyl (C=O) groups is 1. The van der Waals surface area contributed by atoms with Crippen LogP contribution in [0.2, 0.25) is 0 Å². The van der Waals surface area contributed by atoms with Gasteiger partial charge in [0.15, 0.2) is 0 Å². The predicted octanol–water partition coefficient (Wildman–Crippen LogP) is 2.31. The number of hydrogen-bond acceptors (Lipinski definition) is 4. The second kappa shape index (κ2) is 5.83. The molecule has 2 unspecified atom stereocenters. The Labute approximate surface area is 145 Å². The highest BCUT2D eigenvalue weighted by molar-refractivity contribution is 9.10. The summed E-state index contributed by atoms with van der Waals surface area (Å²) in [5.41, 5.74) is 1.32. The van der Waals surface area contributed by atoms with Gasteiger partial charge in [-0.3, -0.25) is 4.79 Å². The van der Waals surface area contributed by atoms with E-state index in [1.165, 1.54) is 32.4 Å². The van der Waals surface area contributed by atoms with E-state index in [0.717, 1.165) is 23.1 Å². The van der Waals surface area contributed by atoms with Crippen LogP contribution in [0.4, 0.5) is 5.82 Å². The molecule has 0 spiro atoms. The lowest BCUT2D eigenvalue weighted by Gasteiger charge is -2.22. The molecule has 3 atom stereocenters. The summed E-state index contributed by atoms with van der Waals surface area (Å²) in [6.45, 7) is 5.57. The fourth-order valence-corrected chi connectivity index (χ4v) is 4.46. The molecule has 1 aliphatic carbocycles. The first kappa shape index (κ1) is 15.5. The van der Waals surface area contributed by atoms with Crippen LogP contribution >= 0.6 is 15.9 Å². The second-order valence-electron chi connectivity index (χ2n) is 7.31. The first-order valence-corrected chi connectivity index (χ1v) is 9.27. The van der Waals surface area contributed by atoms with E-state index in [1.807, 2.05) is 19.1 Å². The molecule has 124 valence electrons. The average Bonchev–Trinajstić information content (AvgIpc) is 2.90. The maximum Gasteiger partial charge on any atom is 0.242 e. The number of piperidine rings is 1. The van der Waals surface area contributed by atoms with Gasteiger partial charge in [-0.15, -0.1) is 0 Å². The zero-order chi connectivity index (χ0) is 16.0. The summed E-state index contributed by atoms with van der Waals surface area (Å²) in [5, 5.41) is 6.51. The first-order chi connectivity index (χ1) is 11.1. The van der Waals surface area contributed by atoms with Gasteiger partial charge in [-0.25, -0.2) is 4.98 Å². The molecule has 6 heteroatoms. The molecule has 2 aliphatic heterocycles. The van der Waals surface area contributed by atoms with Crippen molar-refractivity contribution in [1.29, 1.82) is 0 Å². The summed E-state index contributed by atoms with van der Waals surface area (Å²) in [6, 6.07) is 4.28. The van der Waals surface area contributed by atoms with Crippen LogP contribution in [0, 0.1) is 12.3 Å². The lowest BCUT2D eigenvalue weighted by Crippen LogP contribution is -2.38. The van der Waals surface area contributed by atoms with Crippen molar-refractivity contribution in [3.63, 3.8) is 0 Å². The summed E-state index contributed by atoms with van der Waals surface area (Å²) < 4.78 is 0.742. The number of nitrogens with zero attached hydrogens (tertiary/aromatic N) is 2. The third kappa shape index (κ3) is 3.04. The number of hydrogen-bond donors (Lipinski definition) is 2. The standard InChI is InChI=1S/C17H23BrN4O/c1-11-4-5-14(18)20-15(11)21-16(23)12-8-17(9-13(17)19-12)10-22-6-2-3-7-22/h4-5,12-13,19H,2-3,6-10H2,1H3,(H,20,21,23)/t12-,13?,17?/m0/s1. The van der Waals surface area contributed by atoms with Crippen molar-refractivity contribution in [3.8, 4) is 0 Å². The van der Waals surface area contributed by atoms with Gasteiger partial charge < -0.3 is 15.5 Å². The third-order valence-corrected chi connectivity index (χ3v) is 6.00. The van der Waals surface area contributed by atoms with Crippen LogP contribution in [0.1, 0.15) is 31.2 Å². The van der Waals surface area contributed by atoms with E-state index in [1.54, 1.807) is 0 Å². The number of rotatable bonds is 4. The topological polar surface area (TPSA) is 57.3 Å². The van der Waals surface area contributed by atoms with Gasteiger partial charge in [0.2, 0.25) is 5.91 Å². The Hall–Kier alpha value is -0.980. The quantitative estimate of drug-likeness (QED) is 0.789. The molecule has 3 heterocycles. The number of amides is 1. The summed E-state index contributed by atoms with van der Waals surface area (Å²) in [4.78, 5) is 19.5. The van der Waals surface area contributed by atoms with E-state index >= 15 is 0 Å². The number of likely N-dealkylation sites (tertiary alicyclic amines) is 1. The molecule has 23 heavy (non-hydrogen) atoms. The average molecular weight is 379 g/mol. The number of carbonyl (C=O) groups excluding carboxylic acids is 1. The highest BCUT2D eigenvalue weighted by atomic mass is 79.9. The van der Waals surface area contributed by atoms with Crippen molar-refractivity contribution >= 4 is 27.7 Å². The summed E-state index contributed by atoms with van der Waals surface area (Å²) >= 11 is 3.36. The molecular weight excluding hydrogens is 356 g/mol. The monoisotopic (exact) mass is 378 g/mol. The molecule has 5 nitrogen and oxygen atoms in total. The minimum atomic E-state index is -0.0865. The van der Waals surface area contributed by atoms with Crippen LogP contribution in [-0.2, 0) is 4.79 Å². The smallest absolute Gasteiger partial charge is 0.242 e. The zero-order valence-electron chi connectivity index (χ0n) is 13.4. The van der Waals surface area contributed by atoms with Crippen LogP contribution < -0.4 is 10.6 Å². The zero-order valence-corrected chi connectivity index (χ0v) is 15.0. The number of aromatic nitrogens is 1. The van der Waals surface area contributed by atoms with Gasteiger partial charge in [-0.05, 0) is 73.3 Å². The third-order valence-electron chi connectivity index (χ3n) is 5.56. The molecule has 1 saturated carbocycles. The highest BCUT2D eigenvalue weighted by Gasteiger charge is 2.61. The normalized spacial score (nSPS) is 32.8.